The molecule has 0 aliphatic carbocycles. The van der Waals surface area contributed by atoms with Gasteiger partial charge in [-0.2, -0.15) is 5.10 Å². The highest BCUT2D eigenvalue weighted by Gasteiger charge is 2.09. The summed E-state index contributed by atoms with van der Waals surface area (Å²) in [4.78, 5) is 37.7. The van der Waals surface area contributed by atoms with Crippen molar-refractivity contribution in [2.45, 2.75) is 6.54 Å². The first-order valence-electron chi connectivity index (χ1n) is 7.19. The van der Waals surface area contributed by atoms with Crippen molar-refractivity contribution in [3.63, 3.8) is 0 Å². The van der Waals surface area contributed by atoms with Crippen LogP contribution in [0, 0.1) is 0 Å². The van der Waals surface area contributed by atoms with Crippen molar-refractivity contribution in [3.8, 4) is 5.82 Å². The van der Waals surface area contributed by atoms with Gasteiger partial charge in [-0.1, -0.05) is 0 Å². The smallest absolute Gasteiger partial charge is 0.266 e. The Labute approximate surface area is 135 Å². The Kier molecular flexibility index (Phi) is 4.32. The second kappa shape index (κ2) is 6.73. The largest absolute Gasteiger partial charge is 0.350 e. The SMILES string of the molecule is O=C(NCCn1nc(-n2cccn2)ccc1=O)c1ccc[nH]c1=O. The molecule has 9 heteroatoms. The Morgan fingerprint density at radius 3 is 2.83 bits per heavy atom. The molecule has 0 aliphatic rings. The summed E-state index contributed by atoms with van der Waals surface area (Å²) in [5, 5.41) is 10.8. The van der Waals surface area contributed by atoms with Gasteiger partial charge in [0, 0.05) is 31.2 Å². The molecule has 0 aromatic carbocycles. The standard InChI is InChI=1S/C15H14N6O3/c22-13-5-4-12(20-9-2-7-18-20)19-21(13)10-8-17-15(24)11-3-1-6-16-14(11)23/h1-7,9H,8,10H2,(H,16,23)(H,17,24). The summed E-state index contributed by atoms with van der Waals surface area (Å²) in [5.41, 5.74) is -0.744. The molecule has 3 rings (SSSR count). The number of nitrogens with zero attached hydrogens (tertiary/aromatic N) is 4. The molecule has 1 amide bonds. The molecule has 0 aliphatic heterocycles. The molecule has 122 valence electrons. The Hall–Kier alpha value is -3.49. The summed E-state index contributed by atoms with van der Waals surface area (Å²) >= 11 is 0. The lowest BCUT2D eigenvalue weighted by Crippen LogP contribution is -2.34. The molecule has 24 heavy (non-hydrogen) atoms. The van der Waals surface area contributed by atoms with Gasteiger partial charge in [0.2, 0.25) is 0 Å². The minimum atomic E-state index is -0.506. The molecule has 0 atom stereocenters. The molecule has 0 unspecified atom stereocenters. The summed E-state index contributed by atoms with van der Waals surface area (Å²) in [6, 6.07) is 7.68. The molecule has 2 N–H and O–H groups in total. The first kappa shape index (κ1) is 15.4. The molecule has 3 heterocycles. The number of carbonyl (C=O) groups excluding carboxylic acids is 1. The van der Waals surface area contributed by atoms with Gasteiger partial charge in [0.25, 0.3) is 17.0 Å². The second-order valence-corrected chi connectivity index (χ2v) is 4.87. The minimum absolute atomic E-state index is 0.0168. The predicted octanol–water partition coefficient (Wildman–Crippen LogP) is -0.453. The van der Waals surface area contributed by atoms with Gasteiger partial charge in [-0.25, -0.2) is 9.36 Å². The van der Waals surface area contributed by atoms with Crippen molar-refractivity contribution >= 4 is 5.91 Å². The van der Waals surface area contributed by atoms with Crippen LogP contribution in [0.15, 0.2) is 58.5 Å². The fourth-order valence-electron chi connectivity index (χ4n) is 2.10. The summed E-state index contributed by atoms with van der Waals surface area (Å²) in [7, 11) is 0. The van der Waals surface area contributed by atoms with Crippen LogP contribution in [0.25, 0.3) is 5.82 Å². The van der Waals surface area contributed by atoms with E-state index in [9.17, 15) is 14.4 Å². The molecular formula is C15H14N6O3. The predicted molar refractivity (Wildman–Crippen MR) is 85.0 cm³/mol. The van der Waals surface area contributed by atoms with E-state index in [-0.39, 0.29) is 24.2 Å². The molecule has 3 aromatic heterocycles. The van der Waals surface area contributed by atoms with Gasteiger partial charge in [-0.15, -0.1) is 5.10 Å². The number of H-pyrrole nitrogens is 1. The highest BCUT2D eigenvalue weighted by atomic mass is 16.2. The quantitative estimate of drug-likeness (QED) is 0.659. The van der Waals surface area contributed by atoms with Crippen LogP contribution in [0.2, 0.25) is 0 Å². The number of amides is 1. The topological polar surface area (TPSA) is 115 Å². The zero-order valence-corrected chi connectivity index (χ0v) is 12.5. The van der Waals surface area contributed by atoms with Crippen LogP contribution >= 0.6 is 0 Å². The molecule has 0 fully saturated rings. The highest BCUT2D eigenvalue weighted by Crippen LogP contribution is 1.98. The summed E-state index contributed by atoms with van der Waals surface area (Å²) < 4.78 is 2.75. The molecule has 0 saturated carbocycles. The van der Waals surface area contributed by atoms with Gasteiger partial charge in [0.15, 0.2) is 5.82 Å². The molecule has 3 aromatic rings. The Morgan fingerprint density at radius 2 is 2.08 bits per heavy atom. The fourth-order valence-corrected chi connectivity index (χ4v) is 2.10. The van der Waals surface area contributed by atoms with Gasteiger partial charge < -0.3 is 10.3 Å². The number of rotatable bonds is 5. The molecular weight excluding hydrogens is 312 g/mol. The van der Waals surface area contributed by atoms with Crippen LogP contribution in [0.3, 0.4) is 0 Å². The maximum atomic E-state index is 11.9. The van der Waals surface area contributed by atoms with E-state index in [0.29, 0.717) is 5.82 Å². The third-order valence-corrected chi connectivity index (χ3v) is 3.26. The van der Waals surface area contributed by atoms with Crippen molar-refractivity contribution in [1.29, 1.82) is 0 Å². The van der Waals surface area contributed by atoms with E-state index < -0.39 is 11.5 Å². The van der Waals surface area contributed by atoms with Crippen molar-refractivity contribution in [2.24, 2.45) is 0 Å². The summed E-state index contributed by atoms with van der Waals surface area (Å²) in [6.45, 7) is 0.326. The normalized spacial score (nSPS) is 10.5. The molecule has 0 radical (unpaired) electrons. The lowest BCUT2D eigenvalue weighted by molar-refractivity contribution is 0.0950. The van der Waals surface area contributed by atoms with Gasteiger partial charge in [-0.3, -0.25) is 14.4 Å². The van der Waals surface area contributed by atoms with Gasteiger partial charge in [0.05, 0.1) is 6.54 Å². The number of hydrogen-bond donors (Lipinski definition) is 2. The fraction of sp³-hybridized carbons (Fsp3) is 0.133. The number of nitrogens with one attached hydrogen (secondary N) is 2. The van der Waals surface area contributed by atoms with Crippen LogP contribution < -0.4 is 16.4 Å². The Balaban J connectivity index is 1.68. The third kappa shape index (κ3) is 3.29. The average Bonchev–Trinajstić information content (AvgIpc) is 3.11. The summed E-state index contributed by atoms with van der Waals surface area (Å²) in [5.74, 6) is -0.0152. The monoisotopic (exact) mass is 326 g/mol. The van der Waals surface area contributed by atoms with Crippen LogP contribution in [0.5, 0.6) is 0 Å². The van der Waals surface area contributed by atoms with Crippen molar-refractivity contribution < 1.29 is 4.79 Å². The van der Waals surface area contributed by atoms with Gasteiger partial charge in [0.1, 0.15) is 5.56 Å². The lowest BCUT2D eigenvalue weighted by atomic mass is 10.2. The van der Waals surface area contributed by atoms with Crippen LogP contribution in [0.1, 0.15) is 10.4 Å². The van der Waals surface area contributed by atoms with Crippen LogP contribution in [-0.4, -0.2) is 37.0 Å². The second-order valence-electron chi connectivity index (χ2n) is 4.87. The van der Waals surface area contributed by atoms with Crippen LogP contribution in [0.4, 0.5) is 0 Å². The highest BCUT2D eigenvalue weighted by molar-refractivity contribution is 5.93. The zero-order chi connectivity index (χ0) is 16.9. The summed E-state index contributed by atoms with van der Waals surface area (Å²) in [6.07, 6.45) is 4.76. The van der Waals surface area contributed by atoms with Crippen molar-refractivity contribution in [1.82, 2.24) is 29.9 Å². The van der Waals surface area contributed by atoms with E-state index >= 15 is 0 Å². The number of pyridine rings is 1. The van der Waals surface area contributed by atoms with Crippen molar-refractivity contribution in [2.75, 3.05) is 6.54 Å². The van der Waals surface area contributed by atoms with E-state index in [1.54, 1.807) is 30.6 Å². The maximum absolute atomic E-state index is 11.9. The zero-order valence-electron chi connectivity index (χ0n) is 12.5. The number of hydrogen-bond acceptors (Lipinski definition) is 5. The Bertz CT molecular complexity index is 958. The van der Waals surface area contributed by atoms with Gasteiger partial charge >= 0.3 is 0 Å². The van der Waals surface area contributed by atoms with E-state index in [0.717, 1.165) is 0 Å². The number of aromatic amines is 1. The molecule has 9 nitrogen and oxygen atoms in total. The van der Waals surface area contributed by atoms with E-state index in [2.05, 4.69) is 20.5 Å². The maximum Gasteiger partial charge on any atom is 0.266 e. The first-order valence-corrected chi connectivity index (χ1v) is 7.19. The lowest BCUT2D eigenvalue weighted by Gasteiger charge is -2.08. The molecule has 0 spiro atoms. The van der Waals surface area contributed by atoms with E-state index in [1.807, 2.05) is 0 Å². The van der Waals surface area contributed by atoms with E-state index in [4.69, 9.17) is 0 Å². The van der Waals surface area contributed by atoms with Gasteiger partial charge in [-0.05, 0) is 24.3 Å². The third-order valence-electron chi connectivity index (χ3n) is 3.26. The van der Waals surface area contributed by atoms with Crippen LogP contribution in [-0.2, 0) is 6.54 Å². The first-order chi connectivity index (χ1) is 11.6. The minimum Gasteiger partial charge on any atom is -0.350 e. The number of carbonyl (C=O) groups is 1. The average molecular weight is 326 g/mol. The number of aromatic nitrogens is 5. The van der Waals surface area contributed by atoms with Crippen molar-refractivity contribution in [3.05, 3.63) is 75.2 Å². The molecule has 0 bridgehead atoms. The van der Waals surface area contributed by atoms with E-state index in [1.165, 1.54) is 27.7 Å². The molecule has 0 saturated heterocycles. The Morgan fingerprint density at radius 1 is 1.21 bits per heavy atom.